The lowest BCUT2D eigenvalue weighted by atomic mass is 10.1. The number of carbonyl (C=O) groups is 1. The molecule has 1 N–H and O–H groups in total. The van der Waals surface area contributed by atoms with E-state index in [0.29, 0.717) is 16.5 Å². The van der Waals surface area contributed by atoms with Gasteiger partial charge in [-0.3, -0.25) is 4.79 Å². The van der Waals surface area contributed by atoms with Crippen molar-refractivity contribution in [3.63, 3.8) is 0 Å². The summed E-state index contributed by atoms with van der Waals surface area (Å²) in [5.41, 5.74) is 2.54. The molecular formula is C21H23ClN2O2S. The average Bonchev–Trinajstić information content (AvgIpc) is 2.70. The number of ether oxygens (including phenoxy) is 1. The molecule has 6 heteroatoms. The van der Waals surface area contributed by atoms with Gasteiger partial charge in [0.05, 0.1) is 0 Å². The van der Waals surface area contributed by atoms with Gasteiger partial charge in [-0.1, -0.05) is 29.9 Å². The van der Waals surface area contributed by atoms with Gasteiger partial charge in [0, 0.05) is 29.4 Å². The van der Waals surface area contributed by atoms with Crippen molar-refractivity contribution < 1.29 is 9.53 Å². The van der Waals surface area contributed by atoms with Crippen molar-refractivity contribution in [2.24, 2.45) is 0 Å². The third-order valence-corrected chi connectivity index (χ3v) is 5.56. The molecule has 0 bridgehead atoms. The Morgan fingerprint density at radius 1 is 1.15 bits per heavy atom. The summed E-state index contributed by atoms with van der Waals surface area (Å²) in [5.74, 6) is 0.409. The third kappa shape index (κ3) is 5.21. The summed E-state index contributed by atoms with van der Waals surface area (Å²) in [7, 11) is 0. The van der Waals surface area contributed by atoms with Crippen molar-refractivity contribution in [3.05, 3.63) is 58.6 Å². The van der Waals surface area contributed by atoms with Gasteiger partial charge in [-0.15, -0.1) is 0 Å². The zero-order chi connectivity index (χ0) is 19.2. The zero-order valence-corrected chi connectivity index (χ0v) is 16.9. The van der Waals surface area contributed by atoms with Gasteiger partial charge >= 0.3 is 0 Å². The minimum absolute atomic E-state index is 0.0676. The average molecular weight is 403 g/mol. The molecule has 2 aromatic carbocycles. The van der Waals surface area contributed by atoms with Crippen LogP contribution in [0.2, 0.25) is 5.02 Å². The number of anilines is 1. The molecule has 3 rings (SSSR count). The molecule has 0 spiro atoms. The number of rotatable bonds is 5. The molecular weight excluding hydrogens is 380 g/mol. The van der Waals surface area contributed by atoms with Crippen LogP contribution in [0, 0.1) is 6.92 Å². The van der Waals surface area contributed by atoms with Crippen LogP contribution in [0.5, 0.6) is 5.75 Å². The quantitative estimate of drug-likeness (QED) is 0.727. The molecule has 142 valence electrons. The van der Waals surface area contributed by atoms with Crippen LogP contribution in [0.1, 0.15) is 30.4 Å². The Kier molecular flexibility index (Phi) is 6.69. The van der Waals surface area contributed by atoms with Gasteiger partial charge in [-0.2, -0.15) is 0 Å². The van der Waals surface area contributed by atoms with Crippen LogP contribution < -0.4 is 10.1 Å². The molecule has 1 fully saturated rings. The Hall–Kier alpha value is -2.11. The van der Waals surface area contributed by atoms with Crippen molar-refractivity contribution in [1.29, 1.82) is 0 Å². The van der Waals surface area contributed by atoms with Gasteiger partial charge in [-0.05, 0) is 68.1 Å². The molecule has 1 aliphatic heterocycles. The van der Waals surface area contributed by atoms with E-state index >= 15 is 0 Å². The summed E-state index contributed by atoms with van der Waals surface area (Å²) < 4.78 is 5.59. The molecule has 1 aliphatic rings. The number of likely N-dealkylation sites (tertiary alicyclic amines) is 1. The first-order chi connectivity index (χ1) is 13.0. The molecule has 0 aliphatic carbocycles. The monoisotopic (exact) mass is 402 g/mol. The van der Waals surface area contributed by atoms with E-state index < -0.39 is 0 Å². The number of benzene rings is 2. The largest absolute Gasteiger partial charge is 0.484 e. The fourth-order valence-corrected chi connectivity index (χ4v) is 3.54. The van der Waals surface area contributed by atoms with Gasteiger partial charge in [0.25, 0.3) is 5.91 Å². The van der Waals surface area contributed by atoms with Crippen LogP contribution in [0.3, 0.4) is 0 Å². The first kappa shape index (κ1) is 19.6. The first-order valence-corrected chi connectivity index (χ1v) is 9.90. The zero-order valence-electron chi connectivity index (χ0n) is 15.3. The Morgan fingerprint density at radius 3 is 2.56 bits per heavy atom. The van der Waals surface area contributed by atoms with Gasteiger partial charge in [-0.25, -0.2) is 0 Å². The highest BCUT2D eigenvalue weighted by molar-refractivity contribution is 7.80. The van der Waals surface area contributed by atoms with Crippen molar-refractivity contribution >= 4 is 40.4 Å². The lowest BCUT2D eigenvalue weighted by Gasteiger charge is -2.29. The summed E-state index contributed by atoms with van der Waals surface area (Å²) in [6, 6.07) is 13.0. The summed E-state index contributed by atoms with van der Waals surface area (Å²) in [6.07, 6.45) is 3.67. The van der Waals surface area contributed by atoms with E-state index in [1.807, 2.05) is 37.3 Å². The SMILES string of the molecule is Cc1c(Cl)cccc1NC(=O)COc1ccc(C(=S)N2CCCCC2)cc1. The number of hydrogen-bond donors (Lipinski definition) is 1. The van der Waals surface area contributed by atoms with Crippen LogP contribution in [0.4, 0.5) is 5.69 Å². The van der Waals surface area contributed by atoms with E-state index in [1.54, 1.807) is 12.1 Å². The molecule has 1 amide bonds. The van der Waals surface area contributed by atoms with Crippen LogP contribution in [0.25, 0.3) is 0 Å². The lowest BCUT2D eigenvalue weighted by Crippen LogP contribution is -2.34. The summed E-state index contributed by atoms with van der Waals surface area (Å²) >= 11 is 11.7. The highest BCUT2D eigenvalue weighted by Gasteiger charge is 2.15. The summed E-state index contributed by atoms with van der Waals surface area (Å²) in [4.78, 5) is 15.3. The third-order valence-electron chi connectivity index (χ3n) is 4.66. The predicted octanol–water partition coefficient (Wildman–Crippen LogP) is 4.83. The molecule has 2 aromatic rings. The molecule has 4 nitrogen and oxygen atoms in total. The maximum absolute atomic E-state index is 12.1. The molecule has 0 unspecified atom stereocenters. The second-order valence-electron chi connectivity index (χ2n) is 6.63. The number of amides is 1. The Balaban J connectivity index is 1.53. The molecule has 0 aromatic heterocycles. The second kappa shape index (κ2) is 9.20. The molecule has 0 saturated carbocycles. The molecule has 27 heavy (non-hydrogen) atoms. The number of halogens is 1. The lowest BCUT2D eigenvalue weighted by molar-refractivity contribution is -0.118. The second-order valence-corrected chi connectivity index (χ2v) is 7.42. The van der Waals surface area contributed by atoms with Gasteiger partial charge in [0.2, 0.25) is 0 Å². The van der Waals surface area contributed by atoms with Gasteiger partial charge in [0.15, 0.2) is 6.61 Å². The van der Waals surface area contributed by atoms with Crippen LogP contribution in [0.15, 0.2) is 42.5 Å². The number of thiocarbonyl (C=S) groups is 1. The summed E-state index contributed by atoms with van der Waals surface area (Å²) in [5, 5.41) is 3.44. The fraction of sp³-hybridized carbons (Fsp3) is 0.333. The van der Waals surface area contributed by atoms with E-state index in [4.69, 9.17) is 28.6 Å². The van der Waals surface area contributed by atoms with Crippen molar-refractivity contribution in [2.45, 2.75) is 26.2 Å². The molecule has 0 atom stereocenters. The number of nitrogens with zero attached hydrogens (tertiary/aromatic N) is 1. The number of hydrogen-bond acceptors (Lipinski definition) is 3. The molecule has 1 saturated heterocycles. The Morgan fingerprint density at radius 2 is 1.85 bits per heavy atom. The topological polar surface area (TPSA) is 41.6 Å². The van der Waals surface area contributed by atoms with Gasteiger partial charge in [0.1, 0.15) is 10.7 Å². The highest BCUT2D eigenvalue weighted by Crippen LogP contribution is 2.23. The van der Waals surface area contributed by atoms with Gasteiger partial charge < -0.3 is 15.0 Å². The van der Waals surface area contributed by atoms with Crippen molar-refractivity contribution in [1.82, 2.24) is 4.90 Å². The van der Waals surface area contributed by atoms with E-state index in [9.17, 15) is 4.79 Å². The highest BCUT2D eigenvalue weighted by atomic mass is 35.5. The predicted molar refractivity (Wildman–Crippen MR) is 114 cm³/mol. The smallest absolute Gasteiger partial charge is 0.262 e. The minimum Gasteiger partial charge on any atom is -0.484 e. The van der Waals surface area contributed by atoms with E-state index in [0.717, 1.165) is 29.2 Å². The summed E-state index contributed by atoms with van der Waals surface area (Å²) in [6.45, 7) is 3.85. The Bertz CT molecular complexity index is 817. The van der Waals surface area contributed by atoms with E-state index in [1.165, 1.54) is 19.3 Å². The standard InChI is InChI=1S/C21H23ClN2O2S/c1-15-18(22)6-5-7-19(15)23-20(25)14-26-17-10-8-16(9-11-17)21(27)24-12-3-2-4-13-24/h5-11H,2-4,12-14H2,1H3,(H,23,25). The van der Waals surface area contributed by atoms with Crippen LogP contribution in [-0.2, 0) is 4.79 Å². The number of carbonyl (C=O) groups excluding carboxylic acids is 1. The first-order valence-electron chi connectivity index (χ1n) is 9.12. The number of piperidine rings is 1. The van der Waals surface area contributed by atoms with Crippen molar-refractivity contribution in [2.75, 3.05) is 25.0 Å². The van der Waals surface area contributed by atoms with E-state index in [2.05, 4.69) is 10.2 Å². The molecule has 1 heterocycles. The van der Waals surface area contributed by atoms with Crippen molar-refractivity contribution in [3.8, 4) is 5.75 Å². The maximum atomic E-state index is 12.1. The minimum atomic E-state index is -0.228. The molecule has 0 radical (unpaired) electrons. The number of nitrogens with one attached hydrogen (secondary N) is 1. The normalized spacial score (nSPS) is 13.9. The Labute approximate surface area is 170 Å². The fourth-order valence-electron chi connectivity index (χ4n) is 3.05. The maximum Gasteiger partial charge on any atom is 0.262 e. The van der Waals surface area contributed by atoms with Crippen LogP contribution in [-0.4, -0.2) is 35.5 Å². The van der Waals surface area contributed by atoms with E-state index in [-0.39, 0.29) is 12.5 Å². The van der Waals surface area contributed by atoms with Crippen LogP contribution >= 0.6 is 23.8 Å².